The third-order valence-corrected chi connectivity index (χ3v) is 5.11. The highest BCUT2D eigenvalue weighted by molar-refractivity contribution is 7.88. The first-order chi connectivity index (χ1) is 10.7. The molecule has 0 aliphatic carbocycles. The number of nitrogens with one attached hydrogen (secondary N) is 2. The molecule has 0 bridgehead atoms. The van der Waals surface area contributed by atoms with E-state index in [9.17, 15) is 8.42 Å². The van der Waals surface area contributed by atoms with E-state index in [0.29, 0.717) is 12.6 Å². The van der Waals surface area contributed by atoms with Crippen molar-refractivity contribution in [2.24, 2.45) is 4.99 Å². The van der Waals surface area contributed by atoms with Gasteiger partial charge in [-0.15, -0.1) is 0 Å². The average Bonchev–Trinajstić information content (AvgIpc) is 3.07. The molecule has 0 spiro atoms. The van der Waals surface area contributed by atoms with Gasteiger partial charge in [0.05, 0.1) is 6.26 Å². The fourth-order valence-corrected chi connectivity index (χ4v) is 4.27. The van der Waals surface area contributed by atoms with Crippen molar-refractivity contribution in [3.8, 4) is 0 Å². The molecular weight excluding hydrogens is 314 g/mol. The van der Waals surface area contributed by atoms with Crippen LogP contribution >= 0.6 is 0 Å². The zero-order valence-electron chi connectivity index (χ0n) is 14.5. The molecule has 23 heavy (non-hydrogen) atoms. The fraction of sp³-hybridized carbons (Fsp3) is 0.800. The van der Waals surface area contributed by atoms with Crippen molar-refractivity contribution in [2.75, 3.05) is 46.0 Å². The Morgan fingerprint density at radius 3 is 2.57 bits per heavy atom. The lowest BCUT2D eigenvalue weighted by Gasteiger charge is -2.29. The third-order valence-electron chi connectivity index (χ3n) is 4.19. The largest absolute Gasteiger partial charge is 0.354 e. The van der Waals surface area contributed by atoms with Crippen molar-refractivity contribution in [2.45, 2.75) is 31.8 Å². The summed E-state index contributed by atoms with van der Waals surface area (Å²) in [5.41, 5.74) is -0.568. The fourth-order valence-electron chi connectivity index (χ4n) is 3.20. The number of rotatable bonds is 5. The van der Waals surface area contributed by atoms with E-state index < -0.39 is 15.6 Å². The Morgan fingerprint density at radius 1 is 1.35 bits per heavy atom. The molecule has 2 N–H and O–H groups in total. The lowest BCUT2D eigenvalue weighted by atomic mass is 10.1. The topological polar surface area (TPSA) is 77.0 Å². The maximum atomic E-state index is 11.4. The molecule has 2 aliphatic rings. The van der Waals surface area contributed by atoms with Crippen LogP contribution in [0.1, 0.15) is 20.3 Å². The number of hydrogen-bond acceptors (Lipinski definition) is 4. The molecule has 1 fully saturated rings. The van der Waals surface area contributed by atoms with Crippen LogP contribution in [-0.2, 0) is 10.0 Å². The molecule has 8 heteroatoms. The van der Waals surface area contributed by atoms with Gasteiger partial charge in [-0.05, 0) is 20.3 Å². The monoisotopic (exact) mass is 343 g/mol. The summed E-state index contributed by atoms with van der Waals surface area (Å²) in [5.74, 6) is 0.836. The minimum Gasteiger partial charge on any atom is -0.354 e. The van der Waals surface area contributed by atoms with E-state index in [1.165, 1.54) is 6.26 Å². The van der Waals surface area contributed by atoms with Crippen molar-refractivity contribution in [3.63, 3.8) is 0 Å². The number of hydrogen-bond donors (Lipinski definition) is 2. The second-order valence-electron chi connectivity index (χ2n) is 6.97. The van der Waals surface area contributed by atoms with Gasteiger partial charge >= 0.3 is 0 Å². The second-order valence-corrected chi connectivity index (χ2v) is 8.72. The summed E-state index contributed by atoms with van der Waals surface area (Å²) in [7, 11) is -1.46. The first kappa shape index (κ1) is 18.2. The van der Waals surface area contributed by atoms with Gasteiger partial charge in [-0.1, -0.05) is 12.2 Å². The summed E-state index contributed by atoms with van der Waals surface area (Å²) in [6, 6.07) is 0.561. The van der Waals surface area contributed by atoms with Crippen LogP contribution in [0.15, 0.2) is 17.1 Å². The smallest absolute Gasteiger partial charge is 0.209 e. The highest BCUT2D eigenvalue weighted by atomic mass is 32.2. The van der Waals surface area contributed by atoms with Crippen molar-refractivity contribution < 1.29 is 8.42 Å². The molecule has 0 amide bonds. The van der Waals surface area contributed by atoms with Crippen LogP contribution in [0.5, 0.6) is 0 Å². The first-order valence-electron chi connectivity index (χ1n) is 8.04. The molecule has 1 atom stereocenters. The zero-order chi connectivity index (χ0) is 17.1. The quantitative estimate of drug-likeness (QED) is 0.412. The van der Waals surface area contributed by atoms with E-state index in [0.717, 1.165) is 38.6 Å². The lowest BCUT2D eigenvalue weighted by molar-refractivity contribution is 0.259. The van der Waals surface area contributed by atoms with E-state index in [1.807, 2.05) is 13.8 Å². The molecular formula is C15H29N5O2S. The SMILES string of the molecule is CN=C(NCC(C)(C)NS(C)(=O)=O)N1CCC(N2CC=CC2)C1. The van der Waals surface area contributed by atoms with Gasteiger partial charge in [-0.3, -0.25) is 9.89 Å². The molecule has 0 radical (unpaired) electrons. The molecule has 0 aromatic carbocycles. The van der Waals surface area contributed by atoms with Crippen molar-refractivity contribution in [3.05, 3.63) is 12.2 Å². The summed E-state index contributed by atoms with van der Waals surface area (Å²) >= 11 is 0. The minimum absolute atomic E-state index is 0.485. The van der Waals surface area contributed by atoms with Crippen LogP contribution in [0.4, 0.5) is 0 Å². The Hall–Kier alpha value is -1.12. The van der Waals surface area contributed by atoms with Crippen molar-refractivity contribution in [1.82, 2.24) is 19.8 Å². The Morgan fingerprint density at radius 2 is 2.00 bits per heavy atom. The Bertz CT molecular complexity index is 562. The van der Waals surface area contributed by atoms with Crippen LogP contribution in [0.25, 0.3) is 0 Å². The highest BCUT2D eigenvalue weighted by Crippen LogP contribution is 2.18. The van der Waals surface area contributed by atoms with Gasteiger partial charge in [0.1, 0.15) is 0 Å². The normalized spacial score (nSPS) is 23.7. The standard InChI is InChI=1S/C15H29N5O2S/c1-15(2,18-23(4,21)22)12-17-14(16-3)20-10-7-13(11-20)19-8-5-6-9-19/h5-6,13,18H,7-12H2,1-4H3,(H,16,17). The number of guanidine groups is 1. The van der Waals surface area contributed by atoms with E-state index in [4.69, 9.17) is 0 Å². The molecule has 0 aromatic rings. The molecule has 0 saturated carbocycles. The second kappa shape index (κ2) is 7.19. The molecule has 2 rings (SSSR count). The summed E-state index contributed by atoms with van der Waals surface area (Å²) < 4.78 is 25.5. The Balaban J connectivity index is 1.86. The van der Waals surface area contributed by atoms with Crippen LogP contribution < -0.4 is 10.0 Å². The van der Waals surface area contributed by atoms with E-state index in [2.05, 4.69) is 37.0 Å². The summed E-state index contributed by atoms with van der Waals surface area (Å²) in [5, 5.41) is 3.30. The summed E-state index contributed by atoms with van der Waals surface area (Å²) in [6.45, 7) is 8.21. The van der Waals surface area contributed by atoms with Gasteiger partial charge < -0.3 is 10.2 Å². The van der Waals surface area contributed by atoms with Gasteiger partial charge in [-0.2, -0.15) is 0 Å². The van der Waals surface area contributed by atoms with Gasteiger partial charge in [0.2, 0.25) is 10.0 Å². The lowest BCUT2D eigenvalue weighted by Crippen LogP contribution is -2.53. The number of aliphatic imine (C=N–C) groups is 1. The zero-order valence-corrected chi connectivity index (χ0v) is 15.4. The summed E-state index contributed by atoms with van der Waals surface area (Å²) in [6.07, 6.45) is 6.75. The number of sulfonamides is 1. The molecule has 2 heterocycles. The average molecular weight is 343 g/mol. The predicted molar refractivity (Wildman–Crippen MR) is 94.1 cm³/mol. The molecule has 1 unspecified atom stereocenters. The van der Waals surface area contributed by atoms with Crippen LogP contribution in [-0.4, -0.2) is 81.8 Å². The predicted octanol–water partition coefficient (Wildman–Crippen LogP) is -0.164. The maximum Gasteiger partial charge on any atom is 0.209 e. The molecule has 0 aromatic heterocycles. The Kier molecular flexibility index (Phi) is 5.70. The van der Waals surface area contributed by atoms with Crippen LogP contribution in [0, 0.1) is 0 Å². The van der Waals surface area contributed by atoms with E-state index in [-0.39, 0.29) is 0 Å². The van der Waals surface area contributed by atoms with E-state index in [1.54, 1.807) is 7.05 Å². The van der Waals surface area contributed by atoms with E-state index >= 15 is 0 Å². The van der Waals surface area contributed by atoms with Crippen LogP contribution in [0.3, 0.4) is 0 Å². The van der Waals surface area contributed by atoms with Gasteiger partial charge in [-0.25, -0.2) is 13.1 Å². The first-order valence-corrected chi connectivity index (χ1v) is 9.93. The van der Waals surface area contributed by atoms with Crippen LogP contribution in [0.2, 0.25) is 0 Å². The van der Waals surface area contributed by atoms with Gasteiger partial charge in [0.15, 0.2) is 5.96 Å². The molecule has 1 saturated heterocycles. The van der Waals surface area contributed by atoms with Crippen molar-refractivity contribution >= 4 is 16.0 Å². The molecule has 7 nitrogen and oxygen atoms in total. The van der Waals surface area contributed by atoms with Crippen molar-refractivity contribution in [1.29, 1.82) is 0 Å². The Labute approximate surface area is 139 Å². The third kappa shape index (κ3) is 5.47. The maximum absolute atomic E-state index is 11.4. The molecule has 2 aliphatic heterocycles. The molecule has 132 valence electrons. The summed E-state index contributed by atoms with van der Waals surface area (Å²) in [4.78, 5) is 9.07. The highest BCUT2D eigenvalue weighted by Gasteiger charge is 2.30. The van der Waals surface area contributed by atoms with Gasteiger partial charge in [0, 0.05) is 51.4 Å². The number of nitrogens with zero attached hydrogens (tertiary/aromatic N) is 3. The minimum atomic E-state index is -3.23. The van der Waals surface area contributed by atoms with Gasteiger partial charge in [0.25, 0.3) is 0 Å². The number of likely N-dealkylation sites (tertiary alicyclic amines) is 1.